The van der Waals surface area contributed by atoms with Crippen molar-refractivity contribution >= 4 is 17.7 Å². The van der Waals surface area contributed by atoms with Crippen molar-refractivity contribution in [2.75, 3.05) is 32.7 Å². The highest BCUT2D eigenvalue weighted by molar-refractivity contribution is 8.00. The third-order valence-corrected chi connectivity index (χ3v) is 5.14. The number of piperazine rings is 1. The first-order valence-electron chi connectivity index (χ1n) is 7.35. The predicted octanol–water partition coefficient (Wildman–Crippen LogP) is 2.64. The van der Waals surface area contributed by atoms with Crippen LogP contribution in [0.4, 0.5) is 0 Å². The Balaban J connectivity index is 1.91. The third-order valence-electron chi connectivity index (χ3n) is 3.88. The van der Waals surface area contributed by atoms with Crippen molar-refractivity contribution in [2.45, 2.75) is 30.9 Å². The van der Waals surface area contributed by atoms with Crippen LogP contribution in [0.15, 0.2) is 29.2 Å². The van der Waals surface area contributed by atoms with Crippen molar-refractivity contribution in [1.82, 2.24) is 9.80 Å². The maximum absolute atomic E-state index is 12.5. The van der Waals surface area contributed by atoms with E-state index in [0.29, 0.717) is 0 Å². The van der Waals surface area contributed by atoms with Gasteiger partial charge in [-0.1, -0.05) is 25.1 Å². The van der Waals surface area contributed by atoms with Gasteiger partial charge in [-0.25, -0.2) is 0 Å². The molecule has 0 N–H and O–H groups in total. The Hall–Kier alpha value is -1.00. The summed E-state index contributed by atoms with van der Waals surface area (Å²) in [6.07, 6.45) is 0. The second kappa shape index (κ2) is 7.14. The molecule has 1 amide bonds. The SMILES string of the molecule is CCN1CCN(C(=O)C(C)Sc2ccccc2C)CC1. The number of hydrogen-bond acceptors (Lipinski definition) is 3. The van der Waals surface area contributed by atoms with E-state index in [1.165, 1.54) is 10.5 Å². The lowest BCUT2D eigenvalue weighted by atomic mass is 10.2. The lowest BCUT2D eigenvalue weighted by molar-refractivity contribution is -0.132. The van der Waals surface area contributed by atoms with E-state index in [4.69, 9.17) is 0 Å². The zero-order chi connectivity index (χ0) is 14.5. The molecule has 1 saturated heterocycles. The summed E-state index contributed by atoms with van der Waals surface area (Å²) in [5.41, 5.74) is 1.24. The Kier molecular flexibility index (Phi) is 5.49. The van der Waals surface area contributed by atoms with Gasteiger partial charge >= 0.3 is 0 Å². The van der Waals surface area contributed by atoms with Crippen molar-refractivity contribution in [1.29, 1.82) is 0 Å². The Morgan fingerprint density at radius 1 is 1.25 bits per heavy atom. The highest BCUT2D eigenvalue weighted by Gasteiger charge is 2.25. The Labute approximate surface area is 126 Å². The Bertz CT molecular complexity index is 456. The summed E-state index contributed by atoms with van der Waals surface area (Å²) in [6.45, 7) is 11.1. The number of aryl methyl sites for hydroxylation is 1. The molecule has 1 atom stereocenters. The molecule has 0 aliphatic carbocycles. The second-order valence-corrected chi connectivity index (χ2v) is 6.67. The minimum Gasteiger partial charge on any atom is -0.339 e. The summed E-state index contributed by atoms with van der Waals surface area (Å²) in [5, 5.41) is -0.00993. The molecule has 1 aromatic rings. The van der Waals surface area contributed by atoms with Gasteiger partial charge in [0.05, 0.1) is 5.25 Å². The molecule has 0 spiro atoms. The minimum absolute atomic E-state index is 0.00993. The fraction of sp³-hybridized carbons (Fsp3) is 0.562. The van der Waals surface area contributed by atoms with E-state index >= 15 is 0 Å². The average molecular weight is 292 g/mol. The average Bonchev–Trinajstić information content (AvgIpc) is 2.49. The van der Waals surface area contributed by atoms with Gasteiger partial charge in [-0.05, 0) is 32.0 Å². The molecule has 4 heteroatoms. The first-order valence-corrected chi connectivity index (χ1v) is 8.23. The molecule has 1 unspecified atom stereocenters. The van der Waals surface area contributed by atoms with Crippen LogP contribution in [0.5, 0.6) is 0 Å². The van der Waals surface area contributed by atoms with E-state index in [1.54, 1.807) is 11.8 Å². The third kappa shape index (κ3) is 3.76. The summed E-state index contributed by atoms with van der Waals surface area (Å²) < 4.78 is 0. The van der Waals surface area contributed by atoms with Crippen molar-refractivity contribution in [3.8, 4) is 0 Å². The number of nitrogens with zero attached hydrogens (tertiary/aromatic N) is 2. The van der Waals surface area contributed by atoms with Crippen LogP contribution < -0.4 is 0 Å². The van der Waals surface area contributed by atoms with Crippen molar-refractivity contribution < 1.29 is 4.79 Å². The largest absolute Gasteiger partial charge is 0.339 e. The number of amides is 1. The van der Waals surface area contributed by atoms with Gasteiger partial charge in [0.2, 0.25) is 5.91 Å². The number of benzene rings is 1. The fourth-order valence-corrected chi connectivity index (χ4v) is 3.51. The van der Waals surface area contributed by atoms with Crippen LogP contribution in [0.1, 0.15) is 19.4 Å². The highest BCUT2D eigenvalue weighted by Crippen LogP contribution is 2.27. The first kappa shape index (κ1) is 15.4. The van der Waals surface area contributed by atoms with Gasteiger partial charge in [-0.15, -0.1) is 11.8 Å². The molecule has 1 aromatic carbocycles. The molecule has 20 heavy (non-hydrogen) atoms. The lowest BCUT2D eigenvalue weighted by Gasteiger charge is -2.35. The molecular weight excluding hydrogens is 268 g/mol. The quantitative estimate of drug-likeness (QED) is 0.797. The fourth-order valence-electron chi connectivity index (χ4n) is 2.47. The molecule has 2 rings (SSSR count). The number of carbonyl (C=O) groups excluding carboxylic acids is 1. The van der Waals surface area contributed by atoms with Gasteiger partial charge in [0, 0.05) is 31.1 Å². The molecule has 0 radical (unpaired) electrons. The number of thioether (sulfide) groups is 1. The maximum atomic E-state index is 12.5. The van der Waals surface area contributed by atoms with Crippen LogP contribution in [-0.4, -0.2) is 53.7 Å². The van der Waals surface area contributed by atoms with Crippen LogP contribution in [0, 0.1) is 6.92 Å². The molecule has 0 aromatic heterocycles. The standard InChI is InChI=1S/C16H24N2OS/c1-4-17-9-11-18(12-10-17)16(19)14(3)20-15-8-6-5-7-13(15)2/h5-8,14H,4,9-12H2,1-3H3. The summed E-state index contributed by atoms with van der Waals surface area (Å²) in [4.78, 5) is 18.1. The summed E-state index contributed by atoms with van der Waals surface area (Å²) in [7, 11) is 0. The monoisotopic (exact) mass is 292 g/mol. The summed E-state index contributed by atoms with van der Waals surface area (Å²) >= 11 is 1.67. The predicted molar refractivity (Wildman–Crippen MR) is 85.2 cm³/mol. The Morgan fingerprint density at radius 2 is 1.90 bits per heavy atom. The molecule has 3 nitrogen and oxygen atoms in total. The van der Waals surface area contributed by atoms with E-state index in [9.17, 15) is 4.79 Å². The highest BCUT2D eigenvalue weighted by atomic mass is 32.2. The smallest absolute Gasteiger partial charge is 0.235 e. The molecule has 0 saturated carbocycles. The molecule has 0 bridgehead atoms. The summed E-state index contributed by atoms with van der Waals surface area (Å²) in [6, 6.07) is 8.26. The molecule has 1 aliphatic rings. The van der Waals surface area contributed by atoms with Crippen LogP contribution in [0.2, 0.25) is 0 Å². The second-order valence-electron chi connectivity index (χ2n) is 5.29. The lowest BCUT2D eigenvalue weighted by Crippen LogP contribution is -2.50. The van der Waals surface area contributed by atoms with Crippen LogP contribution >= 0.6 is 11.8 Å². The van der Waals surface area contributed by atoms with E-state index in [-0.39, 0.29) is 11.2 Å². The van der Waals surface area contributed by atoms with Crippen molar-refractivity contribution in [3.05, 3.63) is 29.8 Å². The van der Waals surface area contributed by atoms with Crippen molar-refractivity contribution in [2.24, 2.45) is 0 Å². The van der Waals surface area contributed by atoms with E-state index < -0.39 is 0 Å². The molecule has 1 aliphatic heterocycles. The van der Waals surface area contributed by atoms with E-state index in [2.05, 4.69) is 30.9 Å². The number of rotatable bonds is 4. The van der Waals surface area contributed by atoms with Gasteiger partial charge in [0.15, 0.2) is 0 Å². The number of likely N-dealkylation sites (N-methyl/N-ethyl adjacent to an activating group) is 1. The zero-order valence-electron chi connectivity index (χ0n) is 12.6. The minimum atomic E-state index is -0.00993. The first-order chi connectivity index (χ1) is 9.61. The van der Waals surface area contributed by atoms with Crippen molar-refractivity contribution in [3.63, 3.8) is 0 Å². The molecule has 1 heterocycles. The van der Waals surface area contributed by atoms with Gasteiger partial charge in [-0.2, -0.15) is 0 Å². The van der Waals surface area contributed by atoms with E-state index in [0.717, 1.165) is 32.7 Å². The van der Waals surface area contributed by atoms with Crippen LogP contribution in [0.3, 0.4) is 0 Å². The van der Waals surface area contributed by atoms with Gasteiger partial charge < -0.3 is 9.80 Å². The molecule has 110 valence electrons. The van der Waals surface area contributed by atoms with Gasteiger partial charge in [0.25, 0.3) is 0 Å². The molecular formula is C16H24N2OS. The van der Waals surface area contributed by atoms with Crippen LogP contribution in [-0.2, 0) is 4.79 Å². The number of hydrogen-bond donors (Lipinski definition) is 0. The summed E-state index contributed by atoms with van der Waals surface area (Å²) in [5.74, 6) is 0.272. The van der Waals surface area contributed by atoms with E-state index in [1.807, 2.05) is 24.0 Å². The van der Waals surface area contributed by atoms with Crippen LogP contribution in [0.25, 0.3) is 0 Å². The van der Waals surface area contributed by atoms with Gasteiger partial charge in [-0.3, -0.25) is 4.79 Å². The molecule has 1 fully saturated rings. The zero-order valence-corrected chi connectivity index (χ0v) is 13.4. The maximum Gasteiger partial charge on any atom is 0.235 e. The number of carbonyl (C=O) groups is 1. The normalized spacial score (nSPS) is 18.1. The Morgan fingerprint density at radius 3 is 2.50 bits per heavy atom. The van der Waals surface area contributed by atoms with Gasteiger partial charge in [0.1, 0.15) is 0 Å². The topological polar surface area (TPSA) is 23.6 Å².